The van der Waals surface area contributed by atoms with Crippen molar-refractivity contribution in [3.05, 3.63) is 28.8 Å². The maximum Gasteiger partial charge on any atom is 0.124 e. The second-order valence-electron chi connectivity index (χ2n) is 5.33. The summed E-state index contributed by atoms with van der Waals surface area (Å²) in [6.07, 6.45) is 0. The van der Waals surface area contributed by atoms with Crippen LogP contribution in [0.3, 0.4) is 0 Å². The largest absolute Gasteiger partial charge is 0.496 e. The minimum absolute atomic E-state index is 0.141. The van der Waals surface area contributed by atoms with E-state index in [0.717, 1.165) is 42.5 Å². The standard InChI is InChI=1S/C14H21ClN2O/c1-14(2)10-16-7-8-17(14)9-11-12(15)5-4-6-13(11)18-3/h4-6,16H,7-10H2,1-3H3. The van der Waals surface area contributed by atoms with Gasteiger partial charge in [0.05, 0.1) is 7.11 Å². The topological polar surface area (TPSA) is 24.5 Å². The first kappa shape index (κ1) is 13.7. The average molecular weight is 269 g/mol. The number of hydrogen-bond donors (Lipinski definition) is 1. The molecule has 0 aromatic heterocycles. The summed E-state index contributed by atoms with van der Waals surface area (Å²) in [6, 6.07) is 5.82. The van der Waals surface area contributed by atoms with Crippen molar-refractivity contribution in [2.45, 2.75) is 25.9 Å². The first-order valence-electron chi connectivity index (χ1n) is 6.32. The molecule has 1 N–H and O–H groups in total. The number of ether oxygens (including phenoxy) is 1. The minimum Gasteiger partial charge on any atom is -0.496 e. The van der Waals surface area contributed by atoms with Gasteiger partial charge in [0.25, 0.3) is 0 Å². The molecule has 0 saturated carbocycles. The van der Waals surface area contributed by atoms with Crippen molar-refractivity contribution in [3.63, 3.8) is 0 Å². The maximum absolute atomic E-state index is 6.30. The maximum atomic E-state index is 6.30. The molecule has 1 aromatic carbocycles. The van der Waals surface area contributed by atoms with Crippen molar-refractivity contribution in [1.29, 1.82) is 0 Å². The number of nitrogens with zero attached hydrogens (tertiary/aromatic N) is 1. The highest BCUT2D eigenvalue weighted by molar-refractivity contribution is 6.31. The van der Waals surface area contributed by atoms with Crippen LogP contribution in [0.25, 0.3) is 0 Å². The molecular weight excluding hydrogens is 248 g/mol. The van der Waals surface area contributed by atoms with Crippen molar-refractivity contribution >= 4 is 11.6 Å². The number of benzene rings is 1. The van der Waals surface area contributed by atoms with Crippen molar-refractivity contribution in [2.24, 2.45) is 0 Å². The van der Waals surface area contributed by atoms with Gasteiger partial charge in [-0.15, -0.1) is 0 Å². The highest BCUT2D eigenvalue weighted by Gasteiger charge is 2.30. The van der Waals surface area contributed by atoms with Gasteiger partial charge < -0.3 is 10.1 Å². The Balaban J connectivity index is 2.23. The van der Waals surface area contributed by atoms with E-state index < -0.39 is 0 Å². The molecule has 1 heterocycles. The fourth-order valence-electron chi connectivity index (χ4n) is 2.39. The van der Waals surface area contributed by atoms with Crippen LogP contribution in [0.15, 0.2) is 18.2 Å². The van der Waals surface area contributed by atoms with Gasteiger partial charge in [-0.05, 0) is 26.0 Å². The molecule has 1 fully saturated rings. The smallest absolute Gasteiger partial charge is 0.124 e. The number of halogens is 1. The van der Waals surface area contributed by atoms with Crippen molar-refractivity contribution in [2.75, 3.05) is 26.7 Å². The SMILES string of the molecule is COc1cccc(Cl)c1CN1CCNCC1(C)C. The summed E-state index contributed by atoms with van der Waals surface area (Å²) in [5, 5.41) is 4.21. The molecule has 1 aliphatic heterocycles. The zero-order chi connectivity index (χ0) is 13.2. The van der Waals surface area contributed by atoms with Crippen molar-refractivity contribution < 1.29 is 4.74 Å². The zero-order valence-corrected chi connectivity index (χ0v) is 12.0. The van der Waals surface area contributed by atoms with E-state index in [0.29, 0.717) is 0 Å². The molecule has 1 aromatic rings. The molecule has 4 heteroatoms. The van der Waals surface area contributed by atoms with Crippen LogP contribution in [0.4, 0.5) is 0 Å². The molecule has 2 rings (SSSR count). The lowest BCUT2D eigenvalue weighted by atomic mass is 9.99. The fraction of sp³-hybridized carbons (Fsp3) is 0.571. The van der Waals surface area contributed by atoms with Crippen LogP contribution in [-0.2, 0) is 6.54 Å². The summed E-state index contributed by atoms with van der Waals surface area (Å²) >= 11 is 6.30. The molecule has 100 valence electrons. The second kappa shape index (κ2) is 5.47. The van der Waals surface area contributed by atoms with Gasteiger partial charge in [-0.3, -0.25) is 4.90 Å². The van der Waals surface area contributed by atoms with Crippen LogP contribution in [0.1, 0.15) is 19.4 Å². The lowest BCUT2D eigenvalue weighted by Gasteiger charge is -2.43. The Kier molecular flexibility index (Phi) is 4.15. The Morgan fingerprint density at radius 2 is 2.22 bits per heavy atom. The summed E-state index contributed by atoms with van der Waals surface area (Å²) in [7, 11) is 1.69. The molecule has 18 heavy (non-hydrogen) atoms. The molecule has 0 spiro atoms. The summed E-state index contributed by atoms with van der Waals surface area (Å²) in [5.41, 5.74) is 1.22. The minimum atomic E-state index is 0.141. The van der Waals surface area contributed by atoms with E-state index in [4.69, 9.17) is 16.3 Å². The van der Waals surface area contributed by atoms with E-state index in [2.05, 4.69) is 24.1 Å². The Labute approximate surface area is 114 Å². The van der Waals surface area contributed by atoms with Gasteiger partial charge in [0.1, 0.15) is 5.75 Å². The number of methoxy groups -OCH3 is 1. The molecule has 1 aliphatic rings. The van der Waals surface area contributed by atoms with Crippen molar-refractivity contribution in [3.8, 4) is 5.75 Å². The van der Waals surface area contributed by atoms with Crippen LogP contribution in [0, 0.1) is 0 Å². The van der Waals surface area contributed by atoms with Crippen LogP contribution >= 0.6 is 11.6 Å². The number of hydrogen-bond acceptors (Lipinski definition) is 3. The second-order valence-corrected chi connectivity index (χ2v) is 5.74. The molecular formula is C14H21ClN2O. The average Bonchev–Trinajstić information content (AvgIpc) is 2.33. The van der Waals surface area contributed by atoms with Gasteiger partial charge in [-0.1, -0.05) is 17.7 Å². The Hall–Kier alpha value is -0.770. The molecule has 1 saturated heterocycles. The Bertz CT molecular complexity index is 420. The van der Waals surface area contributed by atoms with Crippen LogP contribution in [-0.4, -0.2) is 37.2 Å². The van der Waals surface area contributed by atoms with E-state index in [1.807, 2.05) is 18.2 Å². The molecule has 0 unspecified atom stereocenters. The quantitative estimate of drug-likeness (QED) is 0.912. The third-order valence-corrected chi connectivity index (χ3v) is 3.97. The van der Waals surface area contributed by atoms with E-state index in [9.17, 15) is 0 Å². The molecule has 0 atom stereocenters. The summed E-state index contributed by atoms with van der Waals surface area (Å²) in [6.45, 7) is 8.39. The number of nitrogens with one attached hydrogen (secondary N) is 1. The van der Waals surface area contributed by atoms with Crippen LogP contribution < -0.4 is 10.1 Å². The summed E-state index contributed by atoms with van der Waals surface area (Å²) in [5.74, 6) is 0.872. The van der Waals surface area contributed by atoms with E-state index >= 15 is 0 Å². The Morgan fingerprint density at radius 3 is 2.89 bits per heavy atom. The van der Waals surface area contributed by atoms with Gasteiger partial charge in [0.2, 0.25) is 0 Å². The highest BCUT2D eigenvalue weighted by Crippen LogP contribution is 2.30. The van der Waals surface area contributed by atoms with E-state index in [1.54, 1.807) is 7.11 Å². The highest BCUT2D eigenvalue weighted by atomic mass is 35.5. The normalized spacial score (nSPS) is 19.8. The summed E-state index contributed by atoms with van der Waals surface area (Å²) < 4.78 is 5.41. The first-order valence-corrected chi connectivity index (χ1v) is 6.69. The molecule has 0 radical (unpaired) electrons. The molecule has 3 nitrogen and oxygen atoms in total. The van der Waals surface area contributed by atoms with Gasteiger partial charge in [-0.2, -0.15) is 0 Å². The Morgan fingerprint density at radius 1 is 1.44 bits per heavy atom. The van der Waals surface area contributed by atoms with Gasteiger partial charge in [0.15, 0.2) is 0 Å². The van der Waals surface area contributed by atoms with Crippen molar-refractivity contribution in [1.82, 2.24) is 10.2 Å². The number of rotatable bonds is 3. The predicted molar refractivity (Wildman–Crippen MR) is 75.4 cm³/mol. The van der Waals surface area contributed by atoms with Gasteiger partial charge in [-0.25, -0.2) is 0 Å². The molecule has 0 amide bonds. The lowest BCUT2D eigenvalue weighted by molar-refractivity contribution is 0.0819. The number of piperazine rings is 1. The zero-order valence-electron chi connectivity index (χ0n) is 11.3. The van der Waals surface area contributed by atoms with Gasteiger partial charge >= 0.3 is 0 Å². The summed E-state index contributed by atoms with van der Waals surface area (Å²) in [4.78, 5) is 2.45. The first-order chi connectivity index (χ1) is 8.54. The third-order valence-electron chi connectivity index (χ3n) is 3.62. The van der Waals surface area contributed by atoms with Crippen LogP contribution in [0.5, 0.6) is 5.75 Å². The predicted octanol–water partition coefficient (Wildman–Crippen LogP) is 2.53. The molecule has 0 bridgehead atoms. The van der Waals surface area contributed by atoms with Gasteiger partial charge in [0, 0.05) is 42.3 Å². The van der Waals surface area contributed by atoms with E-state index in [1.165, 1.54) is 0 Å². The lowest BCUT2D eigenvalue weighted by Crippen LogP contribution is -2.57. The molecule has 0 aliphatic carbocycles. The van der Waals surface area contributed by atoms with Crippen LogP contribution in [0.2, 0.25) is 5.02 Å². The van der Waals surface area contributed by atoms with E-state index in [-0.39, 0.29) is 5.54 Å². The third kappa shape index (κ3) is 2.79. The monoisotopic (exact) mass is 268 g/mol. The fourth-order valence-corrected chi connectivity index (χ4v) is 2.62.